The molecule has 3 rings (SSSR count). The number of furan rings is 1. The fraction of sp³-hybridized carbons (Fsp3) is 0.316. The van der Waals surface area contributed by atoms with Gasteiger partial charge >= 0.3 is 5.97 Å². The summed E-state index contributed by atoms with van der Waals surface area (Å²) in [6.07, 6.45) is 0. The predicted molar refractivity (Wildman–Crippen MR) is 102 cm³/mol. The number of hydrogen-bond donors (Lipinski definition) is 1. The van der Waals surface area contributed by atoms with Gasteiger partial charge < -0.3 is 14.1 Å². The minimum atomic E-state index is -0.518. The van der Waals surface area contributed by atoms with Crippen LogP contribution in [0.4, 0.5) is 4.39 Å². The van der Waals surface area contributed by atoms with Crippen LogP contribution in [0.15, 0.2) is 46.0 Å². The number of nitrogens with one attached hydrogen (secondary N) is 1. The largest absolute Gasteiger partial charge is 0.463 e. The fourth-order valence-corrected chi connectivity index (χ4v) is 3.40. The van der Waals surface area contributed by atoms with Crippen LogP contribution in [0.1, 0.15) is 35.1 Å². The topological polar surface area (TPSA) is 74.6 Å². The van der Waals surface area contributed by atoms with Crippen molar-refractivity contribution in [3.63, 3.8) is 0 Å². The quantitative estimate of drug-likeness (QED) is 0.480. The standard InChI is InChI=1S/C19H21FN4O3S/c1-12(23(2)3)17-21-22-19(24(17)14-7-5-13(20)6-8-14)28-11-15-9-10-16(27-15)18(25)26-4/h5-10,12H,11H2,1-4H3/p+1/t12-/m0/s1. The molecule has 0 fully saturated rings. The van der Waals surface area contributed by atoms with E-state index in [1.165, 1.54) is 35.9 Å². The first-order chi connectivity index (χ1) is 13.4. The molecule has 0 unspecified atom stereocenters. The summed E-state index contributed by atoms with van der Waals surface area (Å²) >= 11 is 1.42. The van der Waals surface area contributed by atoms with Gasteiger partial charge in [0.15, 0.2) is 11.0 Å². The molecule has 0 saturated heterocycles. The van der Waals surface area contributed by atoms with E-state index >= 15 is 0 Å². The molecule has 3 aromatic rings. The maximum absolute atomic E-state index is 13.4. The van der Waals surface area contributed by atoms with E-state index in [9.17, 15) is 9.18 Å². The molecule has 7 nitrogen and oxygen atoms in total. The Bertz CT molecular complexity index is 953. The maximum Gasteiger partial charge on any atom is 0.373 e. The predicted octanol–water partition coefficient (Wildman–Crippen LogP) is 2.28. The highest BCUT2D eigenvalue weighted by Gasteiger charge is 2.24. The van der Waals surface area contributed by atoms with Gasteiger partial charge in [-0.05, 0) is 43.3 Å². The van der Waals surface area contributed by atoms with Crippen LogP contribution in [0.2, 0.25) is 0 Å². The highest BCUT2D eigenvalue weighted by atomic mass is 32.2. The average molecular weight is 405 g/mol. The minimum Gasteiger partial charge on any atom is -0.463 e. The second-order valence-corrected chi connectivity index (χ2v) is 7.44. The molecule has 0 aliphatic carbocycles. The Balaban J connectivity index is 1.89. The van der Waals surface area contributed by atoms with E-state index in [4.69, 9.17) is 4.42 Å². The van der Waals surface area contributed by atoms with Crippen molar-refractivity contribution in [2.24, 2.45) is 0 Å². The number of methoxy groups -OCH3 is 1. The Labute approximate surface area is 166 Å². The molecule has 28 heavy (non-hydrogen) atoms. The van der Waals surface area contributed by atoms with Crippen molar-refractivity contribution in [1.82, 2.24) is 14.8 Å². The van der Waals surface area contributed by atoms with E-state index in [0.29, 0.717) is 16.7 Å². The highest BCUT2D eigenvalue weighted by Crippen LogP contribution is 2.27. The molecule has 0 radical (unpaired) electrons. The van der Waals surface area contributed by atoms with Crippen molar-refractivity contribution in [2.45, 2.75) is 23.9 Å². The number of aromatic nitrogens is 3. The zero-order valence-electron chi connectivity index (χ0n) is 16.1. The Morgan fingerprint density at radius 1 is 1.25 bits per heavy atom. The molecular weight excluding hydrogens is 383 g/mol. The zero-order valence-corrected chi connectivity index (χ0v) is 16.9. The Morgan fingerprint density at radius 3 is 2.61 bits per heavy atom. The first kappa shape index (κ1) is 20.1. The molecule has 0 aliphatic rings. The smallest absolute Gasteiger partial charge is 0.373 e. The van der Waals surface area contributed by atoms with Crippen LogP contribution in [0.3, 0.4) is 0 Å². The number of nitrogens with zero attached hydrogens (tertiary/aromatic N) is 3. The Morgan fingerprint density at radius 2 is 1.96 bits per heavy atom. The van der Waals surface area contributed by atoms with Gasteiger partial charge in [-0.15, -0.1) is 10.2 Å². The molecule has 9 heteroatoms. The molecule has 0 saturated carbocycles. The molecule has 0 spiro atoms. The van der Waals surface area contributed by atoms with Crippen LogP contribution in [-0.2, 0) is 10.5 Å². The third-order valence-corrected chi connectivity index (χ3v) is 5.34. The number of carbonyl (C=O) groups excluding carboxylic acids is 1. The molecule has 2 heterocycles. The van der Waals surface area contributed by atoms with Crippen LogP contribution < -0.4 is 4.90 Å². The van der Waals surface area contributed by atoms with E-state index in [2.05, 4.69) is 21.9 Å². The lowest BCUT2D eigenvalue weighted by atomic mass is 10.2. The minimum absolute atomic E-state index is 0.0847. The maximum atomic E-state index is 13.4. The van der Waals surface area contributed by atoms with E-state index in [0.717, 1.165) is 11.5 Å². The summed E-state index contributed by atoms with van der Waals surface area (Å²) in [6, 6.07) is 9.62. The summed E-state index contributed by atoms with van der Waals surface area (Å²) in [4.78, 5) is 12.7. The van der Waals surface area contributed by atoms with E-state index < -0.39 is 5.97 Å². The van der Waals surface area contributed by atoms with Crippen LogP contribution in [-0.4, -0.2) is 41.9 Å². The zero-order chi connectivity index (χ0) is 20.3. The average Bonchev–Trinajstić information content (AvgIpc) is 3.32. The summed E-state index contributed by atoms with van der Waals surface area (Å²) in [5, 5.41) is 9.35. The molecule has 1 atom stereocenters. The summed E-state index contributed by atoms with van der Waals surface area (Å²) in [6.45, 7) is 2.06. The van der Waals surface area contributed by atoms with Crippen LogP contribution in [0.5, 0.6) is 0 Å². The van der Waals surface area contributed by atoms with Crippen LogP contribution in [0, 0.1) is 5.82 Å². The van der Waals surface area contributed by atoms with Crippen molar-refractivity contribution < 1.29 is 23.2 Å². The number of hydrogen-bond acceptors (Lipinski definition) is 6. The fourth-order valence-electron chi connectivity index (χ4n) is 2.55. The van der Waals surface area contributed by atoms with Gasteiger partial charge in [0.1, 0.15) is 17.6 Å². The van der Waals surface area contributed by atoms with E-state index in [1.807, 2.05) is 18.7 Å². The van der Waals surface area contributed by atoms with Crippen molar-refractivity contribution in [3.8, 4) is 5.69 Å². The first-order valence-electron chi connectivity index (χ1n) is 8.71. The number of esters is 1. The molecule has 0 amide bonds. The Hall–Kier alpha value is -2.65. The van der Waals surface area contributed by atoms with Crippen molar-refractivity contribution in [3.05, 3.63) is 59.6 Å². The van der Waals surface area contributed by atoms with Crippen LogP contribution >= 0.6 is 11.8 Å². The van der Waals surface area contributed by atoms with Gasteiger partial charge in [0.05, 0.1) is 27.0 Å². The number of thioether (sulfide) groups is 1. The summed E-state index contributed by atoms with van der Waals surface area (Å²) in [5.74, 6) is 1.19. The Kier molecular flexibility index (Phi) is 6.15. The molecule has 2 aromatic heterocycles. The number of quaternary nitrogens is 1. The molecule has 1 aromatic carbocycles. The van der Waals surface area contributed by atoms with Gasteiger partial charge in [-0.3, -0.25) is 4.57 Å². The highest BCUT2D eigenvalue weighted by molar-refractivity contribution is 7.98. The third kappa shape index (κ3) is 4.26. The van der Waals surface area contributed by atoms with E-state index in [-0.39, 0.29) is 17.6 Å². The molecular formula is C19H22FN4O3S+. The monoisotopic (exact) mass is 405 g/mol. The van der Waals surface area contributed by atoms with Crippen molar-refractivity contribution in [1.29, 1.82) is 0 Å². The number of halogens is 1. The van der Waals surface area contributed by atoms with Crippen molar-refractivity contribution in [2.75, 3.05) is 21.2 Å². The number of ether oxygens (including phenoxy) is 1. The SMILES string of the molecule is COC(=O)c1ccc(CSc2nnc([C@H](C)[NH+](C)C)n2-c2ccc(F)cc2)o1. The van der Waals surface area contributed by atoms with Gasteiger partial charge in [0.2, 0.25) is 5.76 Å². The van der Waals surface area contributed by atoms with Crippen LogP contribution in [0.25, 0.3) is 5.69 Å². The molecule has 0 aliphatic heterocycles. The lowest BCUT2D eigenvalue weighted by molar-refractivity contribution is -0.890. The number of carbonyl (C=O) groups is 1. The summed E-state index contributed by atoms with van der Waals surface area (Å²) in [7, 11) is 5.39. The normalized spacial score (nSPS) is 12.4. The van der Waals surface area contributed by atoms with Gasteiger partial charge in [-0.25, -0.2) is 9.18 Å². The van der Waals surface area contributed by atoms with Gasteiger partial charge in [-0.1, -0.05) is 11.8 Å². The third-order valence-electron chi connectivity index (χ3n) is 4.39. The lowest BCUT2D eigenvalue weighted by Gasteiger charge is -2.18. The molecule has 148 valence electrons. The number of benzene rings is 1. The first-order valence-corrected chi connectivity index (χ1v) is 9.70. The molecule has 1 N–H and O–H groups in total. The summed E-state index contributed by atoms with van der Waals surface area (Å²) < 4.78 is 25.5. The number of rotatable bonds is 7. The molecule has 0 bridgehead atoms. The summed E-state index contributed by atoms with van der Waals surface area (Å²) in [5.41, 5.74) is 0.784. The van der Waals surface area contributed by atoms with Gasteiger partial charge in [0, 0.05) is 5.69 Å². The van der Waals surface area contributed by atoms with E-state index in [1.54, 1.807) is 24.3 Å². The van der Waals surface area contributed by atoms with Crippen molar-refractivity contribution >= 4 is 17.7 Å². The second kappa shape index (κ2) is 8.57. The van der Waals surface area contributed by atoms with Gasteiger partial charge in [0.25, 0.3) is 0 Å². The second-order valence-electron chi connectivity index (χ2n) is 6.50. The lowest BCUT2D eigenvalue weighted by Crippen LogP contribution is -3.05. The van der Waals surface area contributed by atoms with Gasteiger partial charge in [-0.2, -0.15) is 0 Å².